The van der Waals surface area contributed by atoms with E-state index in [1.54, 1.807) is 0 Å². The molecule has 1 aromatic heterocycles. The van der Waals surface area contributed by atoms with E-state index in [1.807, 2.05) is 18.8 Å². The summed E-state index contributed by atoms with van der Waals surface area (Å²) in [7, 11) is 3.93. The molecule has 1 fully saturated rings. The Morgan fingerprint density at radius 3 is 2.48 bits per heavy atom. The molecule has 0 aliphatic heterocycles. The first-order chi connectivity index (χ1) is 10.1. The first kappa shape index (κ1) is 16.5. The van der Waals surface area contributed by atoms with Crippen molar-refractivity contribution >= 4 is 0 Å². The molecule has 4 heteroatoms. The summed E-state index contributed by atoms with van der Waals surface area (Å²) in [6, 6.07) is 2.56. The normalized spacial score (nSPS) is 20.2. The fourth-order valence-electron chi connectivity index (χ4n) is 3.78. The van der Waals surface area contributed by atoms with E-state index in [-0.39, 0.29) is 5.60 Å². The largest absolute Gasteiger partial charge is 0.377 e. The topological polar surface area (TPSA) is 39.1 Å². The number of ether oxygens (including phenoxy) is 1. The van der Waals surface area contributed by atoms with Crippen LogP contribution in [0.25, 0.3) is 0 Å². The quantitative estimate of drug-likeness (QED) is 0.820. The van der Waals surface area contributed by atoms with E-state index >= 15 is 0 Å². The number of hydrogen-bond donors (Lipinski definition) is 1. The summed E-state index contributed by atoms with van der Waals surface area (Å²) in [5, 5.41) is 8.18. The minimum Gasteiger partial charge on any atom is -0.377 e. The minimum atomic E-state index is -0.0231. The van der Waals surface area contributed by atoms with Crippen LogP contribution in [0.2, 0.25) is 0 Å². The Kier molecular flexibility index (Phi) is 5.82. The first-order valence-corrected chi connectivity index (χ1v) is 8.39. The molecule has 1 atom stereocenters. The monoisotopic (exact) mass is 293 g/mol. The molecule has 1 aliphatic carbocycles. The lowest BCUT2D eigenvalue weighted by Crippen LogP contribution is -2.53. The number of aryl methyl sites for hydroxylation is 2. The molecule has 1 unspecified atom stereocenters. The first-order valence-electron chi connectivity index (χ1n) is 8.39. The Labute approximate surface area is 129 Å². The fourth-order valence-corrected chi connectivity index (χ4v) is 3.78. The summed E-state index contributed by atoms with van der Waals surface area (Å²) in [6.07, 6.45) is 8.55. The van der Waals surface area contributed by atoms with Gasteiger partial charge in [0.1, 0.15) is 0 Å². The second kappa shape index (κ2) is 7.41. The molecule has 1 aromatic rings. The van der Waals surface area contributed by atoms with Crippen LogP contribution >= 0.6 is 0 Å². The van der Waals surface area contributed by atoms with Crippen molar-refractivity contribution in [3.8, 4) is 0 Å². The molecule has 0 bridgehead atoms. The zero-order valence-electron chi connectivity index (χ0n) is 14.1. The zero-order chi connectivity index (χ0) is 15.3. The van der Waals surface area contributed by atoms with Gasteiger partial charge in [-0.2, -0.15) is 5.10 Å². The number of nitrogens with zero attached hydrogens (tertiary/aromatic N) is 2. The van der Waals surface area contributed by atoms with Crippen molar-refractivity contribution in [3.05, 3.63) is 17.5 Å². The molecule has 0 aromatic carbocycles. The molecule has 4 nitrogen and oxygen atoms in total. The van der Waals surface area contributed by atoms with Crippen molar-refractivity contribution in [1.82, 2.24) is 15.1 Å². The number of rotatable bonds is 6. The molecule has 2 rings (SSSR count). The molecule has 1 saturated carbocycles. The molecule has 21 heavy (non-hydrogen) atoms. The summed E-state index contributed by atoms with van der Waals surface area (Å²) in [6.45, 7) is 5.22. The van der Waals surface area contributed by atoms with Crippen LogP contribution < -0.4 is 5.32 Å². The van der Waals surface area contributed by atoms with Crippen LogP contribution in [0.5, 0.6) is 0 Å². The maximum absolute atomic E-state index is 6.10. The van der Waals surface area contributed by atoms with E-state index in [9.17, 15) is 0 Å². The Bertz CT molecular complexity index is 433. The average molecular weight is 293 g/mol. The van der Waals surface area contributed by atoms with Crippen LogP contribution in [-0.4, -0.2) is 35.1 Å². The van der Waals surface area contributed by atoms with Gasteiger partial charge in [-0.05, 0) is 32.4 Å². The third-order valence-corrected chi connectivity index (χ3v) is 4.95. The van der Waals surface area contributed by atoms with Crippen LogP contribution in [0.1, 0.15) is 56.8 Å². The van der Waals surface area contributed by atoms with E-state index in [2.05, 4.69) is 30.3 Å². The van der Waals surface area contributed by atoms with Crippen molar-refractivity contribution in [2.24, 2.45) is 7.05 Å². The van der Waals surface area contributed by atoms with Crippen molar-refractivity contribution in [2.45, 2.75) is 70.4 Å². The van der Waals surface area contributed by atoms with Crippen LogP contribution in [-0.2, 0) is 18.2 Å². The molecule has 120 valence electrons. The van der Waals surface area contributed by atoms with Crippen molar-refractivity contribution < 1.29 is 4.74 Å². The van der Waals surface area contributed by atoms with Crippen molar-refractivity contribution in [1.29, 1.82) is 0 Å². The van der Waals surface area contributed by atoms with Gasteiger partial charge in [0.25, 0.3) is 0 Å². The zero-order valence-corrected chi connectivity index (χ0v) is 14.1. The molecular formula is C17H31N3O. The molecule has 1 aliphatic rings. The van der Waals surface area contributed by atoms with Gasteiger partial charge in [-0.15, -0.1) is 0 Å². The Morgan fingerprint density at radius 1 is 1.33 bits per heavy atom. The molecule has 0 spiro atoms. The van der Waals surface area contributed by atoms with Gasteiger partial charge in [-0.3, -0.25) is 4.68 Å². The predicted octanol–water partition coefficient (Wildman–Crippen LogP) is 2.99. The van der Waals surface area contributed by atoms with E-state index in [0.29, 0.717) is 6.04 Å². The number of nitrogens with one attached hydrogen (secondary N) is 1. The Hall–Kier alpha value is -0.870. The molecular weight excluding hydrogens is 262 g/mol. The smallest absolute Gasteiger partial charge is 0.0834 e. The molecule has 0 radical (unpaired) electrons. The summed E-state index contributed by atoms with van der Waals surface area (Å²) in [5.74, 6) is 0. The van der Waals surface area contributed by atoms with Gasteiger partial charge in [0, 0.05) is 32.3 Å². The highest BCUT2D eigenvalue weighted by atomic mass is 16.5. The van der Waals surface area contributed by atoms with Crippen molar-refractivity contribution in [2.75, 3.05) is 13.7 Å². The highest BCUT2D eigenvalue weighted by Gasteiger charge is 2.39. The van der Waals surface area contributed by atoms with Gasteiger partial charge in [0.05, 0.1) is 11.3 Å². The standard InChI is InChI=1S/C17H31N3O/c1-5-18-16(13-15-12-14(2)19-20(15)3)17(21-4)10-8-6-7-9-11-17/h12,16,18H,5-11,13H2,1-4H3. The minimum absolute atomic E-state index is 0.0231. The summed E-state index contributed by atoms with van der Waals surface area (Å²) in [4.78, 5) is 0. The van der Waals surface area contributed by atoms with E-state index in [1.165, 1.54) is 31.4 Å². The van der Waals surface area contributed by atoms with E-state index in [0.717, 1.165) is 31.5 Å². The fraction of sp³-hybridized carbons (Fsp3) is 0.824. The van der Waals surface area contributed by atoms with Gasteiger partial charge < -0.3 is 10.1 Å². The lowest BCUT2D eigenvalue weighted by atomic mass is 9.83. The summed E-state index contributed by atoms with van der Waals surface area (Å²) >= 11 is 0. The lowest BCUT2D eigenvalue weighted by molar-refractivity contribution is -0.0526. The Morgan fingerprint density at radius 2 is 2.00 bits per heavy atom. The predicted molar refractivity (Wildman–Crippen MR) is 86.6 cm³/mol. The summed E-state index contributed by atoms with van der Waals surface area (Å²) < 4.78 is 8.11. The number of hydrogen-bond acceptors (Lipinski definition) is 3. The maximum Gasteiger partial charge on any atom is 0.0834 e. The van der Waals surface area contributed by atoms with Crippen LogP contribution in [0.4, 0.5) is 0 Å². The number of aromatic nitrogens is 2. The second-order valence-corrected chi connectivity index (χ2v) is 6.40. The molecule has 0 saturated heterocycles. The SMILES string of the molecule is CCNC(Cc1cc(C)nn1C)C1(OC)CCCCCC1. The third-order valence-electron chi connectivity index (χ3n) is 4.95. The van der Waals surface area contributed by atoms with Gasteiger partial charge >= 0.3 is 0 Å². The van der Waals surface area contributed by atoms with Crippen molar-refractivity contribution in [3.63, 3.8) is 0 Å². The number of likely N-dealkylation sites (N-methyl/N-ethyl adjacent to an activating group) is 1. The van der Waals surface area contributed by atoms with Crippen LogP contribution in [0.15, 0.2) is 6.07 Å². The van der Waals surface area contributed by atoms with Gasteiger partial charge in [-0.25, -0.2) is 0 Å². The lowest BCUT2D eigenvalue weighted by Gasteiger charge is -2.40. The maximum atomic E-state index is 6.10. The van der Waals surface area contributed by atoms with Gasteiger partial charge in [0.15, 0.2) is 0 Å². The third kappa shape index (κ3) is 3.86. The molecule has 1 heterocycles. The van der Waals surface area contributed by atoms with Crippen LogP contribution in [0.3, 0.4) is 0 Å². The second-order valence-electron chi connectivity index (χ2n) is 6.40. The van der Waals surface area contributed by atoms with E-state index in [4.69, 9.17) is 4.74 Å². The summed E-state index contributed by atoms with van der Waals surface area (Å²) in [5.41, 5.74) is 2.36. The highest BCUT2D eigenvalue weighted by Crippen LogP contribution is 2.34. The van der Waals surface area contributed by atoms with Gasteiger partial charge in [0.2, 0.25) is 0 Å². The number of methoxy groups -OCH3 is 1. The van der Waals surface area contributed by atoms with Crippen LogP contribution in [0, 0.1) is 6.92 Å². The molecule has 0 amide bonds. The van der Waals surface area contributed by atoms with E-state index < -0.39 is 0 Å². The Balaban J connectivity index is 2.20. The highest BCUT2D eigenvalue weighted by molar-refractivity contribution is 5.12. The molecule has 1 N–H and O–H groups in total. The average Bonchev–Trinajstić information content (AvgIpc) is 2.68. The van der Waals surface area contributed by atoms with Gasteiger partial charge in [-0.1, -0.05) is 32.6 Å².